The fraction of sp³-hybridized carbons (Fsp3) is 0.562. The van der Waals surface area contributed by atoms with Gasteiger partial charge < -0.3 is 10.2 Å². The van der Waals surface area contributed by atoms with E-state index in [0.29, 0.717) is 0 Å². The predicted molar refractivity (Wildman–Crippen MR) is 85.0 cm³/mol. The molecule has 1 aromatic rings. The maximum absolute atomic E-state index is 10.4. The van der Waals surface area contributed by atoms with Gasteiger partial charge in [-0.25, -0.2) is 4.79 Å². The molecule has 1 aromatic carbocycles. The summed E-state index contributed by atoms with van der Waals surface area (Å²) in [7, 11) is 0. The molecule has 0 fully saturated rings. The van der Waals surface area contributed by atoms with Crippen LogP contribution in [0.4, 0.5) is 0 Å². The molecule has 0 saturated heterocycles. The van der Waals surface area contributed by atoms with Gasteiger partial charge in [0.15, 0.2) is 0 Å². The number of rotatable bonds is 7. The van der Waals surface area contributed by atoms with E-state index < -0.39 is 5.97 Å². The Balaban J connectivity index is 0.000000370. The first-order valence-corrected chi connectivity index (χ1v) is 11.3. The zero-order chi connectivity index (χ0) is 15.4. The van der Waals surface area contributed by atoms with E-state index in [0.717, 1.165) is 5.56 Å². The number of aryl methyl sites for hydroxylation is 1. The van der Waals surface area contributed by atoms with Gasteiger partial charge in [-0.2, -0.15) is 0 Å². The summed E-state index contributed by atoms with van der Waals surface area (Å²) in [5.74, 6) is -1.30. The number of hydrogen-bond acceptors (Lipinski definition) is 2. The van der Waals surface area contributed by atoms with E-state index >= 15 is 0 Å². The van der Waals surface area contributed by atoms with Gasteiger partial charge in [-0.1, -0.05) is 11.6 Å². The van der Waals surface area contributed by atoms with Gasteiger partial charge in [0.1, 0.15) is 11.3 Å². The minimum absolute atomic E-state index is 0.0509. The molecule has 0 spiro atoms. The van der Waals surface area contributed by atoms with Crippen LogP contribution in [0.5, 0.6) is 5.75 Å². The molecule has 0 saturated carbocycles. The zero-order valence-electron chi connectivity index (χ0n) is 12.8. The molecule has 0 amide bonds. The maximum atomic E-state index is 10.4. The van der Waals surface area contributed by atoms with Crippen LogP contribution in [0.25, 0.3) is 0 Å². The van der Waals surface area contributed by atoms with E-state index in [2.05, 4.69) is 13.8 Å². The Hall–Kier alpha value is -0.711. The zero-order valence-corrected chi connectivity index (χ0v) is 15.6. The minimum Gasteiger partial charge on any atom is -0.507 e. The second kappa shape index (κ2) is 12.1. The molecule has 112 valence electrons. The Morgan fingerprint density at radius 3 is 2.10 bits per heavy atom. The number of phenols is 1. The van der Waals surface area contributed by atoms with Crippen molar-refractivity contribution in [3.05, 3.63) is 29.3 Å². The standard InChI is InChI=1S/C8H8O3.2C4H9.Sn/c1-5-2-3-7(9)6(4-5)8(10)11;2*1-3-4-2;/h2-4,9H,1H3,(H,10,11);2*1,3-4H2,2H3;. The smallest absolute Gasteiger partial charge is 0.339 e. The van der Waals surface area contributed by atoms with E-state index in [-0.39, 0.29) is 32.5 Å². The van der Waals surface area contributed by atoms with Crippen molar-refractivity contribution in [1.82, 2.24) is 0 Å². The van der Waals surface area contributed by atoms with Gasteiger partial charge in [-0.15, -0.1) is 0 Å². The summed E-state index contributed by atoms with van der Waals surface area (Å²) < 4.78 is 3.25. The van der Waals surface area contributed by atoms with E-state index in [1.165, 1.54) is 37.8 Å². The normalized spacial score (nSPS) is 9.75. The van der Waals surface area contributed by atoms with Crippen LogP contribution in [0.2, 0.25) is 8.87 Å². The summed E-state index contributed by atoms with van der Waals surface area (Å²) in [6, 6.07) is 4.46. The number of unbranched alkanes of at least 4 members (excludes halogenated alkanes) is 2. The molecule has 0 heterocycles. The van der Waals surface area contributed by atoms with Crippen molar-refractivity contribution in [3.8, 4) is 5.75 Å². The van der Waals surface area contributed by atoms with Gasteiger partial charge in [-0.3, -0.25) is 0 Å². The Labute approximate surface area is 132 Å². The van der Waals surface area contributed by atoms with Crippen molar-refractivity contribution < 1.29 is 15.0 Å². The van der Waals surface area contributed by atoms with Crippen molar-refractivity contribution in [2.24, 2.45) is 0 Å². The third-order valence-electron chi connectivity index (χ3n) is 2.80. The Bertz CT molecular complexity index is 385. The molecule has 0 aromatic heterocycles. The molecular weight excluding hydrogens is 359 g/mol. The SMILES string of the molecule is CCC[CH2][Sn][CH2]CCC.Cc1ccc(O)c(C(=O)O)c1. The number of benzene rings is 1. The molecule has 20 heavy (non-hydrogen) atoms. The molecule has 0 aliphatic heterocycles. The monoisotopic (exact) mass is 386 g/mol. The van der Waals surface area contributed by atoms with Crippen molar-refractivity contribution in [2.75, 3.05) is 0 Å². The molecule has 0 bridgehead atoms. The van der Waals surface area contributed by atoms with Crippen molar-refractivity contribution in [1.29, 1.82) is 0 Å². The van der Waals surface area contributed by atoms with Gasteiger partial charge in [0, 0.05) is 0 Å². The van der Waals surface area contributed by atoms with Gasteiger partial charge >= 0.3 is 75.5 Å². The molecule has 3 nitrogen and oxygen atoms in total. The molecule has 0 aliphatic rings. The average molecular weight is 385 g/mol. The first-order chi connectivity index (χ1) is 9.52. The summed E-state index contributed by atoms with van der Waals surface area (Å²) in [6.45, 7) is 6.35. The predicted octanol–water partition coefficient (Wildman–Crippen LogP) is 4.53. The quantitative estimate of drug-likeness (QED) is 0.536. The summed E-state index contributed by atoms with van der Waals surface area (Å²) >= 11 is 0.149. The van der Waals surface area contributed by atoms with Crippen molar-refractivity contribution in [3.63, 3.8) is 0 Å². The van der Waals surface area contributed by atoms with E-state index in [1.54, 1.807) is 21.9 Å². The molecule has 2 radical (unpaired) electrons. The number of aromatic carboxylic acids is 1. The second-order valence-corrected chi connectivity index (χ2v) is 9.06. The van der Waals surface area contributed by atoms with Gasteiger partial charge in [0.2, 0.25) is 0 Å². The first-order valence-electron chi connectivity index (χ1n) is 7.26. The molecule has 0 atom stereocenters. The Kier molecular flexibility index (Phi) is 11.6. The van der Waals surface area contributed by atoms with Gasteiger partial charge in [-0.05, 0) is 19.1 Å². The Morgan fingerprint density at radius 2 is 1.70 bits per heavy atom. The van der Waals surface area contributed by atoms with Crippen molar-refractivity contribution >= 4 is 27.1 Å². The summed E-state index contributed by atoms with van der Waals surface area (Å²) in [6.07, 6.45) is 5.84. The molecular formula is C16H26O3Sn. The topological polar surface area (TPSA) is 57.5 Å². The fourth-order valence-corrected chi connectivity index (χ4v) is 5.71. The molecule has 1 rings (SSSR count). The minimum atomic E-state index is -1.11. The van der Waals surface area contributed by atoms with Crippen LogP contribution in [0.3, 0.4) is 0 Å². The van der Waals surface area contributed by atoms with Gasteiger partial charge in [0.25, 0.3) is 0 Å². The van der Waals surface area contributed by atoms with E-state index in [9.17, 15) is 4.79 Å². The fourth-order valence-electron chi connectivity index (χ4n) is 1.55. The van der Waals surface area contributed by atoms with E-state index in [1.807, 2.05) is 0 Å². The summed E-state index contributed by atoms with van der Waals surface area (Å²) in [5.41, 5.74) is 0.769. The third-order valence-corrected chi connectivity index (χ3v) is 6.83. The first kappa shape index (κ1) is 19.3. The van der Waals surface area contributed by atoms with E-state index in [4.69, 9.17) is 10.2 Å². The van der Waals surface area contributed by atoms with Crippen LogP contribution < -0.4 is 0 Å². The number of carboxylic acids is 1. The summed E-state index contributed by atoms with van der Waals surface area (Å²) in [5, 5.41) is 17.6. The molecule has 0 unspecified atom stereocenters. The van der Waals surface area contributed by atoms with Crippen LogP contribution in [0, 0.1) is 6.92 Å². The molecule has 2 N–H and O–H groups in total. The maximum Gasteiger partial charge on any atom is 0.339 e. The van der Waals surface area contributed by atoms with Crippen LogP contribution in [-0.4, -0.2) is 37.3 Å². The van der Waals surface area contributed by atoms with Crippen LogP contribution in [-0.2, 0) is 0 Å². The van der Waals surface area contributed by atoms with Crippen molar-refractivity contribution in [2.45, 2.75) is 55.3 Å². The molecule has 4 heteroatoms. The van der Waals surface area contributed by atoms with Crippen LogP contribution >= 0.6 is 0 Å². The Morgan fingerprint density at radius 1 is 1.15 bits per heavy atom. The average Bonchev–Trinajstić information content (AvgIpc) is 2.42. The van der Waals surface area contributed by atoms with Crippen LogP contribution in [0.15, 0.2) is 18.2 Å². The van der Waals surface area contributed by atoms with Gasteiger partial charge in [0.05, 0.1) is 0 Å². The third kappa shape index (κ3) is 9.23. The second-order valence-electron chi connectivity index (χ2n) is 4.78. The van der Waals surface area contributed by atoms with Crippen LogP contribution in [0.1, 0.15) is 55.5 Å². The number of carbonyl (C=O) groups is 1. The molecule has 0 aliphatic carbocycles. The number of hydrogen-bond donors (Lipinski definition) is 2. The number of aromatic hydroxyl groups is 1. The number of carboxylic acid groups (broad SMARTS) is 1. The largest absolute Gasteiger partial charge is 0.507 e. The summed E-state index contributed by atoms with van der Waals surface area (Å²) in [4.78, 5) is 10.4.